The lowest BCUT2D eigenvalue weighted by Crippen LogP contribution is -2.07. The van der Waals surface area contributed by atoms with Crippen LogP contribution in [-0.2, 0) is 12.3 Å². The number of hydrogen-bond donors (Lipinski definition) is 1. The van der Waals surface area contributed by atoms with Gasteiger partial charge in [-0.3, -0.25) is 4.68 Å². The molecule has 0 amide bonds. The lowest BCUT2D eigenvalue weighted by atomic mass is 10.2. The molecular formula is C16H23N3S. The lowest BCUT2D eigenvalue weighted by Gasteiger charge is -2.12. The van der Waals surface area contributed by atoms with E-state index in [9.17, 15) is 0 Å². The standard InChI is InChI=1S/C16H23N3S/c1-3-15(4-2)19-10-9-14(18-19)12-20-16-7-5-13(11-17)6-8-16/h5-10,15H,3-4,11-12,17H2,1-2H3. The number of benzene rings is 1. The molecule has 2 aromatic rings. The van der Waals surface area contributed by atoms with Gasteiger partial charge in [0.2, 0.25) is 0 Å². The Morgan fingerprint density at radius 1 is 1.15 bits per heavy atom. The Morgan fingerprint density at radius 2 is 1.85 bits per heavy atom. The first kappa shape index (κ1) is 15.1. The highest BCUT2D eigenvalue weighted by atomic mass is 32.2. The van der Waals surface area contributed by atoms with Crippen LogP contribution in [0.4, 0.5) is 0 Å². The summed E-state index contributed by atoms with van der Waals surface area (Å²) in [4.78, 5) is 1.26. The van der Waals surface area contributed by atoms with Crippen molar-refractivity contribution >= 4 is 11.8 Å². The van der Waals surface area contributed by atoms with Crippen molar-refractivity contribution in [2.45, 2.75) is 49.9 Å². The average Bonchev–Trinajstić information content (AvgIpc) is 2.96. The van der Waals surface area contributed by atoms with E-state index >= 15 is 0 Å². The number of nitrogens with two attached hydrogens (primary N) is 1. The predicted molar refractivity (Wildman–Crippen MR) is 85.7 cm³/mol. The molecule has 0 unspecified atom stereocenters. The molecule has 0 aliphatic heterocycles. The van der Waals surface area contributed by atoms with Gasteiger partial charge in [-0.05, 0) is 36.6 Å². The van der Waals surface area contributed by atoms with Crippen LogP contribution in [0.2, 0.25) is 0 Å². The van der Waals surface area contributed by atoms with E-state index in [1.54, 1.807) is 0 Å². The van der Waals surface area contributed by atoms with E-state index in [4.69, 9.17) is 5.73 Å². The Bertz CT molecular complexity index is 515. The molecule has 0 radical (unpaired) electrons. The summed E-state index contributed by atoms with van der Waals surface area (Å²) in [5.74, 6) is 0.912. The molecule has 0 saturated carbocycles. The van der Waals surface area contributed by atoms with Crippen molar-refractivity contribution < 1.29 is 0 Å². The zero-order valence-corrected chi connectivity index (χ0v) is 13.1. The van der Waals surface area contributed by atoms with Crippen molar-refractivity contribution in [1.29, 1.82) is 0 Å². The van der Waals surface area contributed by atoms with Crippen LogP contribution in [0, 0.1) is 0 Å². The fourth-order valence-electron chi connectivity index (χ4n) is 2.20. The molecule has 2 rings (SSSR count). The van der Waals surface area contributed by atoms with Crippen LogP contribution >= 0.6 is 11.8 Å². The molecule has 1 heterocycles. The van der Waals surface area contributed by atoms with Gasteiger partial charge in [0, 0.05) is 23.4 Å². The molecular weight excluding hydrogens is 266 g/mol. The summed E-state index contributed by atoms with van der Waals surface area (Å²) in [5, 5.41) is 4.68. The van der Waals surface area contributed by atoms with Crippen molar-refractivity contribution in [3.63, 3.8) is 0 Å². The van der Waals surface area contributed by atoms with E-state index < -0.39 is 0 Å². The van der Waals surface area contributed by atoms with Crippen LogP contribution in [0.5, 0.6) is 0 Å². The molecule has 0 bridgehead atoms. The largest absolute Gasteiger partial charge is 0.326 e. The van der Waals surface area contributed by atoms with Gasteiger partial charge < -0.3 is 5.73 Å². The Balaban J connectivity index is 1.93. The fourth-order valence-corrected chi connectivity index (χ4v) is 3.00. The topological polar surface area (TPSA) is 43.8 Å². The maximum atomic E-state index is 5.60. The molecule has 1 aromatic heterocycles. The van der Waals surface area contributed by atoms with E-state index in [2.05, 4.69) is 60.2 Å². The summed E-state index contributed by atoms with van der Waals surface area (Å²) in [5.41, 5.74) is 7.92. The van der Waals surface area contributed by atoms with Gasteiger partial charge in [0.1, 0.15) is 0 Å². The molecule has 0 spiro atoms. The maximum absolute atomic E-state index is 5.60. The van der Waals surface area contributed by atoms with E-state index in [1.807, 2.05) is 11.8 Å². The van der Waals surface area contributed by atoms with Gasteiger partial charge in [0.05, 0.1) is 11.7 Å². The number of thioether (sulfide) groups is 1. The van der Waals surface area contributed by atoms with E-state index in [0.717, 1.165) is 24.3 Å². The zero-order chi connectivity index (χ0) is 14.4. The quantitative estimate of drug-likeness (QED) is 0.784. The molecule has 0 aliphatic carbocycles. The molecule has 0 atom stereocenters. The molecule has 4 heteroatoms. The first-order valence-corrected chi connectivity index (χ1v) is 8.21. The lowest BCUT2D eigenvalue weighted by molar-refractivity contribution is 0.426. The summed E-state index contributed by atoms with van der Waals surface area (Å²) in [7, 11) is 0. The number of nitrogens with zero attached hydrogens (tertiary/aromatic N) is 2. The summed E-state index contributed by atoms with van der Waals surface area (Å²) in [6.07, 6.45) is 4.36. The van der Waals surface area contributed by atoms with Gasteiger partial charge in [-0.1, -0.05) is 26.0 Å². The van der Waals surface area contributed by atoms with Crippen LogP contribution < -0.4 is 5.73 Å². The summed E-state index contributed by atoms with van der Waals surface area (Å²) in [6, 6.07) is 11.1. The minimum atomic E-state index is 0.526. The molecule has 2 N–H and O–H groups in total. The third-order valence-corrected chi connectivity index (χ3v) is 4.57. The third-order valence-electron chi connectivity index (χ3n) is 3.53. The van der Waals surface area contributed by atoms with Gasteiger partial charge in [-0.25, -0.2) is 0 Å². The van der Waals surface area contributed by atoms with Gasteiger partial charge in [0.15, 0.2) is 0 Å². The molecule has 3 nitrogen and oxygen atoms in total. The van der Waals surface area contributed by atoms with E-state index in [1.165, 1.54) is 10.5 Å². The number of rotatable bonds is 7. The third kappa shape index (κ3) is 3.87. The molecule has 20 heavy (non-hydrogen) atoms. The monoisotopic (exact) mass is 289 g/mol. The van der Waals surface area contributed by atoms with Crippen LogP contribution in [0.15, 0.2) is 41.4 Å². The second kappa shape index (κ2) is 7.50. The zero-order valence-electron chi connectivity index (χ0n) is 12.2. The fraction of sp³-hybridized carbons (Fsp3) is 0.438. The minimum Gasteiger partial charge on any atom is -0.326 e. The van der Waals surface area contributed by atoms with Crippen LogP contribution in [0.1, 0.15) is 44.0 Å². The Morgan fingerprint density at radius 3 is 2.45 bits per heavy atom. The summed E-state index contributed by atoms with van der Waals surface area (Å²) >= 11 is 1.82. The minimum absolute atomic E-state index is 0.526. The second-order valence-electron chi connectivity index (χ2n) is 4.89. The van der Waals surface area contributed by atoms with Crippen LogP contribution in [0.3, 0.4) is 0 Å². The molecule has 0 aliphatic rings. The maximum Gasteiger partial charge on any atom is 0.0727 e. The van der Waals surface area contributed by atoms with Crippen molar-refractivity contribution in [1.82, 2.24) is 9.78 Å². The Hall–Kier alpha value is -1.26. The van der Waals surface area contributed by atoms with Crippen LogP contribution in [-0.4, -0.2) is 9.78 Å². The van der Waals surface area contributed by atoms with Gasteiger partial charge in [0.25, 0.3) is 0 Å². The van der Waals surface area contributed by atoms with E-state index in [0.29, 0.717) is 12.6 Å². The summed E-state index contributed by atoms with van der Waals surface area (Å²) < 4.78 is 2.10. The van der Waals surface area contributed by atoms with Crippen molar-refractivity contribution in [3.05, 3.63) is 47.8 Å². The van der Waals surface area contributed by atoms with E-state index in [-0.39, 0.29) is 0 Å². The normalized spacial score (nSPS) is 11.2. The Labute approximate surface area is 125 Å². The van der Waals surface area contributed by atoms with Gasteiger partial charge >= 0.3 is 0 Å². The highest BCUT2D eigenvalue weighted by Gasteiger charge is 2.08. The van der Waals surface area contributed by atoms with Crippen LogP contribution in [0.25, 0.3) is 0 Å². The first-order chi connectivity index (χ1) is 9.76. The first-order valence-electron chi connectivity index (χ1n) is 7.22. The highest BCUT2D eigenvalue weighted by molar-refractivity contribution is 7.98. The van der Waals surface area contributed by atoms with Crippen molar-refractivity contribution in [2.75, 3.05) is 0 Å². The predicted octanol–water partition coefficient (Wildman–Crippen LogP) is 4.00. The van der Waals surface area contributed by atoms with Gasteiger partial charge in [-0.2, -0.15) is 5.10 Å². The van der Waals surface area contributed by atoms with Crippen molar-refractivity contribution in [2.24, 2.45) is 5.73 Å². The molecule has 0 saturated heterocycles. The number of hydrogen-bond acceptors (Lipinski definition) is 3. The average molecular weight is 289 g/mol. The smallest absolute Gasteiger partial charge is 0.0727 e. The summed E-state index contributed by atoms with van der Waals surface area (Å²) in [6.45, 7) is 5.03. The van der Waals surface area contributed by atoms with Gasteiger partial charge in [-0.15, -0.1) is 11.8 Å². The number of aromatic nitrogens is 2. The second-order valence-corrected chi connectivity index (χ2v) is 5.94. The SMILES string of the molecule is CCC(CC)n1ccc(CSc2ccc(CN)cc2)n1. The Kier molecular flexibility index (Phi) is 5.68. The highest BCUT2D eigenvalue weighted by Crippen LogP contribution is 2.23. The molecule has 1 aromatic carbocycles. The molecule has 0 fully saturated rings. The van der Waals surface area contributed by atoms with Crippen molar-refractivity contribution in [3.8, 4) is 0 Å². The molecule has 108 valence electrons.